The van der Waals surface area contributed by atoms with Gasteiger partial charge < -0.3 is 15.3 Å². The smallest absolute Gasteiger partial charge is 0.225 e. The number of anilines is 1. The Kier molecular flexibility index (Phi) is 5.31. The average molecular weight is 278 g/mol. The molecule has 0 aromatic carbocycles. The van der Waals surface area contributed by atoms with Crippen molar-refractivity contribution in [2.75, 3.05) is 18.0 Å². The second-order valence-electron chi connectivity index (χ2n) is 5.99. The van der Waals surface area contributed by atoms with Gasteiger partial charge >= 0.3 is 0 Å². The number of aliphatic hydroxyl groups excluding tert-OH is 1. The minimum atomic E-state index is -0.206. The second kappa shape index (κ2) is 6.99. The lowest BCUT2D eigenvalue weighted by atomic mass is 9.92. The first-order chi connectivity index (χ1) is 9.56. The van der Waals surface area contributed by atoms with Crippen LogP contribution in [-0.4, -0.2) is 40.3 Å². The number of aliphatic hydroxyl groups is 1. The predicted molar refractivity (Wildman–Crippen MR) is 80.6 cm³/mol. The number of nitrogens with one attached hydrogen (secondary N) is 1. The maximum Gasteiger partial charge on any atom is 0.225 e. The lowest BCUT2D eigenvalue weighted by Gasteiger charge is -2.33. The van der Waals surface area contributed by atoms with Crippen molar-refractivity contribution in [2.45, 2.75) is 52.3 Å². The van der Waals surface area contributed by atoms with Gasteiger partial charge in [-0.3, -0.25) is 0 Å². The molecule has 1 aliphatic rings. The molecule has 1 aromatic rings. The van der Waals surface area contributed by atoms with Gasteiger partial charge in [0.05, 0.1) is 6.10 Å². The van der Waals surface area contributed by atoms with Crippen LogP contribution in [0.15, 0.2) is 12.4 Å². The highest BCUT2D eigenvalue weighted by molar-refractivity contribution is 5.30. The topological polar surface area (TPSA) is 61.3 Å². The van der Waals surface area contributed by atoms with Crippen molar-refractivity contribution in [2.24, 2.45) is 5.92 Å². The molecular formula is C15H26N4O. The molecule has 1 saturated heterocycles. The molecule has 0 aliphatic carbocycles. The van der Waals surface area contributed by atoms with Gasteiger partial charge in [-0.05, 0) is 25.7 Å². The Hall–Kier alpha value is -1.20. The summed E-state index contributed by atoms with van der Waals surface area (Å²) in [5, 5.41) is 13.0. The molecule has 0 saturated carbocycles. The van der Waals surface area contributed by atoms with Gasteiger partial charge in [-0.25, -0.2) is 9.97 Å². The molecule has 0 spiro atoms. The lowest BCUT2D eigenvalue weighted by Crippen LogP contribution is -2.38. The molecule has 0 amide bonds. The van der Waals surface area contributed by atoms with Crippen LogP contribution in [0.1, 0.15) is 39.2 Å². The fourth-order valence-corrected chi connectivity index (χ4v) is 2.51. The van der Waals surface area contributed by atoms with Gasteiger partial charge in [0.1, 0.15) is 0 Å². The minimum Gasteiger partial charge on any atom is -0.393 e. The Morgan fingerprint density at radius 1 is 1.25 bits per heavy atom. The molecule has 2 rings (SSSR count). The van der Waals surface area contributed by atoms with E-state index in [0.29, 0.717) is 12.0 Å². The van der Waals surface area contributed by atoms with Gasteiger partial charge in [-0.2, -0.15) is 0 Å². The highest BCUT2D eigenvalue weighted by Gasteiger charge is 2.23. The van der Waals surface area contributed by atoms with E-state index in [4.69, 9.17) is 0 Å². The van der Waals surface area contributed by atoms with Crippen LogP contribution in [0, 0.1) is 5.92 Å². The summed E-state index contributed by atoms with van der Waals surface area (Å²) in [6.45, 7) is 8.80. The summed E-state index contributed by atoms with van der Waals surface area (Å²) >= 11 is 0. The van der Waals surface area contributed by atoms with Crippen LogP contribution in [0.5, 0.6) is 0 Å². The number of piperidine rings is 1. The first kappa shape index (κ1) is 15.2. The van der Waals surface area contributed by atoms with E-state index in [2.05, 4.69) is 34.0 Å². The maximum absolute atomic E-state index is 9.62. The molecular weight excluding hydrogens is 252 g/mol. The molecule has 20 heavy (non-hydrogen) atoms. The van der Waals surface area contributed by atoms with Gasteiger partial charge in [0.15, 0.2) is 0 Å². The molecule has 1 aromatic heterocycles. The van der Waals surface area contributed by atoms with E-state index >= 15 is 0 Å². The van der Waals surface area contributed by atoms with Crippen molar-refractivity contribution < 1.29 is 5.11 Å². The second-order valence-corrected chi connectivity index (χ2v) is 5.99. The molecule has 5 heteroatoms. The third kappa shape index (κ3) is 4.15. The summed E-state index contributed by atoms with van der Waals surface area (Å²) in [4.78, 5) is 11.1. The van der Waals surface area contributed by atoms with Crippen molar-refractivity contribution in [3.63, 3.8) is 0 Å². The molecule has 1 aliphatic heterocycles. The number of hydrogen-bond donors (Lipinski definition) is 2. The Bertz CT molecular complexity index is 397. The molecule has 0 bridgehead atoms. The Morgan fingerprint density at radius 2 is 1.85 bits per heavy atom. The van der Waals surface area contributed by atoms with Crippen molar-refractivity contribution in [3.05, 3.63) is 18.0 Å². The molecule has 1 unspecified atom stereocenters. The van der Waals surface area contributed by atoms with Crippen molar-refractivity contribution >= 4 is 5.95 Å². The average Bonchev–Trinajstić information content (AvgIpc) is 2.46. The molecule has 0 radical (unpaired) electrons. The van der Waals surface area contributed by atoms with Gasteiger partial charge in [-0.15, -0.1) is 0 Å². The van der Waals surface area contributed by atoms with Crippen molar-refractivity contribution in [3.8, 4) is 0 Å². The van der Waals surface area contributed by atoms with E-state index in [0.717, 1.165) is 44.0 Å². The highest BCUT2D eigenvalue weighted by atomic mass is 16.3. The van der Waals surface area contributed by atoms with Gasteiger partial charge in [-0.1, -0.05) is 13.8 Å². The van der Waals surface area contributed by atoms with Crippen LogP contribution in [0.2, 0.25) is 0 Å². The van der Waals surface area contributed by atoms with Gasteiger partial charge in [0.2, 0.25) is 5.95 Å². The van der Waals surface area contributed by atoms with E-state index in [-0.39, 0.29) is 6.10 Å². The van der Waals surface area contributed by atoms with Crippen molar-refractivity contribution in [1.29, 1.82) is 0 Å². The molecule has 1 atom stereocenters. The summed E-state index contributed by atoms with van der Waals surface area (Å²) in [6.07, 6.45) is 5.62. The molecule has 2 heterocycles. The van der Waals surface area contributed by atoms with Crippen LogP contribution in [0.4, 0.5) is 5.95 Å². The molecule has 112 valence electrons. The van der Waals surface area contributed by atoms with Crippen LogP contribution in [-0.2, 0) is 6.54 Å². The summed E-state index contributed by atoms with van der Waals surface area (Å²) in [5.41, 5.74) is 1.11. The zero-order valence-corrected chi connectivity index (χ0v) is 12.7. The quantitative estimate of drug-likeness (QED) is 0.856. The molecule has 5 nitrogen and oxygen atoms in total. The minimum absolute atomic E-state index is 0.206. The third-order valence-corrected chi connectivity index (χ3v) is 3.91. The maximum atomic E-state index is 9.62. The molecule has 2 N–H and O–H groups in total. The van der Waals surface area contributed by atoms with E-state index in [1.165, 1.54) is 0 Å². The van der Waals surface area contributed by atoms with E-state index in [9.17, 15) is 5.11 Å². The first-order valence-electron chi connectivity index (χ1n) is 7.53. The normalized spacial score (nSPS) is 18.6. The highest BCUT2D eigenvalue weighted by Crippen LogP contribution is 2.22. The Labute approximate surface area is 121 Å². The van der Waals surface area contributed by atoms with E-state index in [1.54, 1.807) is 0 Å². The number of aromatic nitrogens is 2. The van der Waals surface area contributed by atoms with Crippen LogP contribution >= 0.6 is 0 Å². The number of rotatable bonds is 5. The lowest BCUT2D eigenvalue weighted by molar-refractivity contribution is 0.109. The fraction of sp³-hybridized carbons (Fsp3) is 0.733. The molecule has 1 fully saturated rings. The zero-order chi connectivity index (χ0) is 14.5. The van der Waals surface area contributed by atoms with E-state index < -0.39 is 0 Å². The zero-order valence-electron chi connectivity index (χ0n) is 12.7. The number of nitrogens with zero attached hydrogens (tertiary/aromatic N) is 3. The summed E-state index contributed by atoms with van der Waals surface area (Å²) in [5.74, 6) is 1.23. The SMILES string of the molecule is CC(C)NCc1cnc(N2CCC(C(C)O)CC2)nc1. The summed E-state index contributed by atoms with van der Waals surface area (Å²) in [6, 6.07) is 0.467. The van der Waals surface area contributed by atoms with Crippen LogP contribution in [0.25, 0.3) is 0 Å². The Morgan fingerprint density at radius 3 is 2.35 bits per heavy atom. The van der Waals surface area contributed by atoms with Gasteiger partial charge in [0, 0.05) is 43.6 Å². The third-order valence-electron chi connectivity index (χ3n) is 3.91. The van der Waals surface area contributed by atoms with E-state index in [1.807, 2.05) is 19.3 Å². The summed E-state index contributed by atoms with van der Waals surface area (Å²) < 4.78 is 0. The number of hydrogen-bond acceptors (Lipinski definition) is 5. The fourth-order valence-electron chi connectivity index (χ4n) is 2.51. The largest absolute Gasteiger partial charge is 0.393 e. The standard InChI is InChI=1S/C15H26N4O/c1-11(2)16-8-13-9-17-15(18-10-13)19-6-4-14(5-7-19)12(3)20/h9-12,14,16,20H,4-8H2,1-3H3. The monoisotopic (exact) mass is 278 g/mol. The Balaban J connectivity index is 1.87. The van der Waals surface area contributed by atoms with Crippen molar-refractivity contribution in [1.82, 2.24) is 15.3 Å². The predicted octanol–water partition coefficient (Wildman–Crippen LogP) is 1.57. The van der Waals surface area contributed by atoms with Gasteiger partial charge in [0.25, 0.3) is 0 Å². The first-order valence-corrected chi connectivity index (χ1v) is 7.53. The van der Waals surface area contributed by atoms with Crippen LogP contribution in [0.3, 0.4) is 0 Å². The van der Waals surface area contributed by atoms with Crippen LogP contribution < -0.4 is 10.2 Å². The summed E-state index contributed by atoms with van der Waals surface area (Å²) in [7, 11) is 0.